The minimum Gasteiger partial charge on any atom is -0.444 e. The number of amides is 2. The monoisotopic (exact) mass is 889 g/mol. The van der Waals surface area contributed by atoms with Crippen LogP contribution in [0.25, 0.3) is 22.3 Å². The normalized spacial score (nSPS) is 20.0. The maximum Gasteiger partial charge on any atom is 0.410 e. The molecule has 0 bridgehead atoms. The number of carbonyl (C=O) groups excluding carboxylic acids is 2. The zero-order valence-corrected chi connectivity index (χ0v) is 38.1. The zero-order valence-electron chi connectivity index (χ0n) is 36.5. The summed E-state index contributed by atoms with van der Waals surface area (Å²) in [5.74, 6) is -1.15. The van der Waals surface area contributed by atoms with E-state index >= 15 is 0 Å². The SMILES string of the molecule is CC(C)(C)OC(=O)N(CCCN(C[C@H]1C[C@@H](n2cc(-c3ccn(S(=O)(=O)c4ccccc4)n3)c3cnc(Cl)nc32)[C@@H]2OC(C)(C)O[C@H]12)C(=O)OC(C)(C)C)CCc1ccccc1. The zero-order chi connectivity index (χ0) is 44.6. The van der Waals surface area contributed by atoms with Gasteiger partial charge in [-0.1, -0.05) is 48.5 Å². The van der Waals surface area contributed by atoms with Gasteiger partial charge in [0, 0.05) is 61.6 Å². The highest BCUT2D eigenvalue weighted by molar-refractivity contribution is 7.89. The van der Waals surface area contributed by atoms with E-state index in [9.17, 15) is 18.0 Å². The van der Waals surface area contributed by atoms with Crippen LogP contribution < -0.4 is 0 Å². The second kappa shape index (κ2) is 17.6. The highest BCUT2D eigenvalue weighted by Gasteiger charge is 2.55. The minimum absolute atomic E-state index is 0.0379. The molecular weight excluding hydrogens is 834 g/mol. The summed E-state index contributed by atoms with van der Waals surface area (Å²) in [4.78, 5) is 39.9. The van der Waals surface area contributed by atoms with Gasteiger partial charge < -0.3 is 33.3 Å². The highest BCUT2D eigenvalue weighted by atomic mass is 35.5. The topological polar surface area (TPSA) is 160 Å². The van der Waals surface area contributed by atoms with Crippen molar-refractivity contribution in [1.82, 2.24) is 33.5 Å². The Kier molecular flexibility index (Phi) is 12.8. The lowest BCUT2D eigenvalue weighted by Gasteiger charge is -2.32. The first-order valence-electron chi connectivity index (χ1n) is 20.9. The molecule has 1 aliphatic carbocycles. The number of rotatable bonds is 13. The molecule has 2 fully saturated rings. The van der Waals surface area contributed by atoms with Gasteiger partial charge >= 0.3 is 12.2 Å². The number of benzene rings is 2. The summed E-state index contributed by atoms with van der Waals surface area (Å²) in [5, 5.41) is 5.17. The average molecular weight is 891 g/mol. The van der Waals surface area contributed by atoms with E-state index in [0.717, 1.165) is 9.65 Å². The summed E-state index contributed by atoms with van der Waals surface area (Å²) >= 11 is 6.42. The number of fused-ring (bicyclic) bond motifs is 2. The Labute approximate surface area is 368 Å². The standard InChI is InChI=1S/C45H56ClN7O8S/c1-43(2,3)60-41(54)50(24-20-30-16-11-9-12-17-30)22-15-23-51(42(55)61-44(4,5)6)28-31-26-36(38-37(31)58-45(7,8)59-38)52-29-34(33-27-47-40(46)48-39(33)52)35-21-25-53(49-35)62(56,57)32-18-13-10-14-19-32/h9-14,16-19,21,25,27,29,31,36-38H,15,20,22-24,26,28H2,1-8H3/t31-,36-,37-,38+/m1/s1. The third-order valence-electron chi connectivity index (χ3n) is 10.7. The van der Waals surface area contributed by atoms with E-state index in [4.69, 9.17) is 30.5 Å². The summed E-state index contributed by atoms with van der Waals surface area (Å²) in [5.41, 5.74) is 1.19. The molecule has 332 valence electrons. The van der Waals surface area contributed by atoms with Crippen molar-refractivity contribution in [1.29, 1.82) is 0 Å². The van der Waals surface area contributed by atoms with E-state index < -0.39 is 51.4 Å². The van der Waals surface area contributed by atoms with Crippen molar-refractivity contribution in [3.63, 3.8) is 0 Å². The molecule has 0 spiro atoms. The fraction of sp³-hybridized carbons (Fsp3) is 0.489. The molecular formula is C45H56ClN7O8S. The highest BCUT2D eigenvalue weighted by Crippen LogP contribution is 2.49. The molecule has 4 atom stereocenters. The third-order valence-corrected chi connectivity index (χ3v) is 12.5. The van der Waals surface area contributed by atoms with Gasteiger partial charge in [0.25, 0.3) is 10.0 Å². The number of nitrogens with zero attached hydrogens (tertiary/aromatic N) is 7. The van der Waals surface area contributed by atoms with E-state index in [1.807, 2.05) is 96.5 Å². The number of hydrogen-bond acceptors (Lipinski definition) is 11. The van der Waals surface area contributed by atoms with E-state index in [-0.39, 0.29) is 28.7 Å². The average Bonchev–Trinajstić information content (AvgIpc) is 3.97. The predicted octanol–water partition coefficient (Wildman–Crippen LogP) is 8.37. The van der Waals surface area contributed by atoms with E-state index in [0.29, 0.717) is 61.2 Å². The van der Waals surface area contributed by atoms with Crippen molar-refractivity contribution < 1.29 is 37.0 Å². The smallest absolute Gasteiger partial charge is 0.410 e. The molecule has 2 aromatic carbocycles. The van der Waals surface area contributed by atoms with E-state index in [2.05, 4.69) is 15.1 Å². The Hall–Kier alpha value is -5.03. The number of aromatic nitrogens is 5. The Bertz CT molecular complexity index is 2480. The molecule has 7 rings (SSSR count). The molecule has 3 aromatic heterocycles. The molecule has 0 N–H and O–H groups in total. The van der Waals surface area contributed by atoms with Crippen LogP contribution in [0.5, 0.6) is 0 Å². The number of ether oxygens (including phenoxy) is 4. The second-order valence-corrected chi connectivity index (χ2v) is 20.5. The van der Waals surface area contributed by atoms with Crippen LogP contribution in [0, 0.1) is 5.92 Å². The first-order chi connectivity index (χ1) is 29.2. The maximum absolute atomic E-state index is 14.0. The molecule has 2 aliphatic rings. The largest absolute Gasteiger partial charge is 0.444 e. The summed E-state index contributed by atoms with van der Waals surface area (Å²) in [6, 6.07) is 19.4. The van der Waals surface area contributed by atoms with Gasteiger partial charge in [0.15, 0.2) is 5.79 Å². The summed E-state index contributed by atoms with van der Waals surface area (Å²) in [6.07, 6.45) is 4.77. The summed E-state index contributed by atoms with van der Waals surface area (Å²) in [7, 11) is -3.95. The lowest BCUT2D eigenvalue weighted by atomic mass is 10.0. The Morgan fingerprint density at radius 2 is 1.48 bits per heavy atom. The lowest BCUT2D eigenvalue weighted by molar-refractivity contribution is -0.160. The maximum atomic E-state index is 14.0. The Balaban J connectivity index is 1.16. The molecule has 0 unspecified atom stereocenters. The third kappa shape index (κ3) is 10.4. The van der Waals surface area contributed by atoms with Gasteiger partial charge in [0.1, 0.15) is 23.0 Å². The minimum atomic E-state index is -3.95. The first-order valence-corrected chi connectivity index (χ1v) is 22.7. The van der Waals surface area contributed by atoms with Crippen LogP contribution in [0.2, 0.25) is 5.28 Å². The van der Waals surface area contributed by atoms with Crippen LogP contribution in [0.3, 0.4) is 0 Å². The van der Waals surface area contributed by atoms with E-state index in [1.54, 1.807) is 40.3 Å². The summed E-state index contributed by atoms with van der Waals surface area (Å²) < 4.78 is 54.8. The quantitative estimate of drug-likeness (QED) is 0.105. The van der Waals surface area contributed by atoms with Crippen molar-refractivity contribution >= 4 is 44.8 Å². The second-order valence-electron chi connectivity index (χ2n) is 18.3. The van der Waals surface area contributed by atoms with Crippen LogP contribution in [0.4, 0.5) is 9.59 Å². The molecule has 1 aliphatic heterocycles. The number of halogens is 1. The van der Waals surface area contributed by atoms with Gasteiger partial charge in [-0.2, -0.15) is 22.6 Å². The molecule has 17 heteroatoms. The molecule has 1 saturated carbocycles. The molecule has 15 nitrogen and oxygen atoms in total. The van der Waals surface area contributed by atoms with Crippen LogP contribution in [-0.4, -0.2) is 110 Å². The Morgan fingerprint density at radius 1 is 0.871 bits per heavy atom. The summed E-state index contributed by atoms with van der Waals surface area (Å²) in [6.45, 7) is 16.1. The van der Waals surface area contributed by atoms with Crippen LogP contribution >= 0.6 is 11.6 Å². The van der Waals surface area contributed by atoms with E-state index in [1.165, 1.54) is 18.3 Å². The predicted molar refractivity (Wildman–Crippen MR) is 234 cm³/mol. The van der Waals surface area contributed by atoms with Crippen LogP contribution in [0.15, 0.2) is 90.2 Å². The number of hydrogen-bond donors (Lipinski definition) is 0. The van der Waals surface area contributed by atoms with Gasteiger partial charge in [-0.25, -0.2) is 14.6 Å². The van der Waals surface area contributed by atoms with Crippen molar-refractivity contribution in [3.8, 4) is 11.3 Å². The van der Waals surface area contributed by atoms with Crippen molar-refractivity contribution in [2.24, 2.45) is 5.92 Å². The Morgan fingerprint density at radius 3 is 2.15 bits per heavy atom. The van der Waals surface area contributed by atoms with Gasteiger partial charge in [-0.15, -0.1) is 0 Å². The lowest BCUT2D eigenvalue weighted by Crippen LogP contribution is -2.44. The fourth-order valence-electron chi connectivity index (χ4n) is 8.11. The van der Waals surface area contributed by atoms with Gasteiger partial charge in [-0.05, 0) is 110 Å². The van der Waals surface area contributed by atoms with Crippen molar-refractivity contribution in [3.05, 3.63) is 96.2 Å². The van der Waals surface area contributed by atoms with Crippen molar-refractivity contribution in [2.75, 3.05) is 26.2 Å². The first kappa shape index (κ1) is 45.0. The van der Waals surface area contributed by atoms with Gasteiger partial charge in [0.05, 0.1) is 22.7 Å². The molecule has 4 heterocycles. The van der Waals surface area contributed by atoms with Crippen LogP contribution in [0.1, 0.15) is 79.8 Å². The van der Waals surface area contributed by atoms with Gasteiger partial charge in [-0.3, -0.25) is 0 Å². The molecule has 0 radical (unpaired) electrons. The molecule has 1 saturated heterocycles. The van der Waals surface area contributed by atoms with Crippen molar-refractivity contribution in [2.45, 2.75) is 115 Å². The molecule has 62 heavy (non-hydrogen) atoms. The fourth-order valence-corrected chi connectivity index (χ4v) is 9.37. The number of carbonyl (C=O) groups is 2. The van der Waals surface area contributed by atoms with Gasteiger partial charge in [0.2, 0.25) is 5.28 Å². The molecule has 2 amide bonds. The van der Waals surface area contributed by atoms with Crippen LogP contribution in [-0.2, 0) is 35.4 Å². The molecule has 5 aromatic rings.